The first-order chi connectivity index (χ1) is 10.9. The van der Waals surface area contributed by atoms with Crippen LogP contribution in [0.15, 0.2) is 0 Å². The van der Waals surface area contributed by atoms with Crippen LogP contribution in [0.2, 0.25) is 0 Å². The molecule has 0 unspecified atom stereocenters. The summed E-state index contributed by atoms with van der Waals surface area (Å²) in [6.07, 6.45) is 0. The van der Waals surface area contributed by atoms with Gasteiger partial charge in [0.1, 0.15) is 0 Å². The summed E-state index contributed by atoms with van der Waals surface area (Å²) in [6.45, 7) is 0. The Morgan fingerprint density at radius 2 is 0.750 bits per heavy atom. The molecule has 0 aliphatic heterocycles. The number of amides is 2. The fourth-order valence-corrected chi connectivity index (χ4v) is 5.36. The SMILES string of the molecule is CN(C)C(=O)SSC(=O)N(C)C.ClC1C(Cl)C(Cl)C(Cl)C(Cl)C1Cl. The Bertz CT molecular complexity index is 354. The molecule has 1 saturated carbocycles. The molecule has 1 aliphatic carbocycles. The van der Waals surface area contributed by atoms with E-state index in [4.69, 9.17) is 69.6 Å². The molecule has 0 saturated heterocycles. The van der Waals surface area contributed by atoms with Gasteiger partial charge >= 0.3 is 0 Å². The number of halogens is 6. The largest absolute Gasteiger partial charge is 0.339 e. The fraction of sp³-hybridized carbons (Fsp3) is 0.833. The highest BCUT2D eigenvalue weighted by atomic mass is 35.5. The monoisotopic (exact) mass is 496 g/mol. The van der Waals surface area contributed by atoms with Gasteiger partial charge in [0.2, 0.25) is 0 Å². The molecule has 142 valence electrons. The second-order valence-corrected chi connectivity index (χ2v) is 10.2. The van der Waals surface area contributed by atoms with Crippen LogP contribution in [-0.4, -0.2) is 80.7 Å². The van der Waals surface area contributed by atoms with Crippen LogP contribution >= 0.6 is 91.2 Å². The minimum absolute atomic E-state index is 0.129. The van der Waals surface area contributed by atoms with Gasteiger partial charge in [0.25, 0.3) is 10.5 Å². The molecule has 4 nitrogen and oxygen atoms in total. The molecule has 0 aromatic carbocycles. The van der Waals surface area contributed by atoms with E-state index in [1.54, 1.807) is 28.2 Å². The van der Waals surface area contributed by atoms with Crippen molar-refractivity contribution in [3.63, 3.8) is 0 Å². The molecule has 0 aromatic rings. The standard InChI is InChI=1S/C6H6Cl6.C6H12N2O2S2/c7-1-2(8)4(10)6(12)5(11)3(1)9;1-7(2)5(9)11-12-6(10)8(3)4/h1-6H;1-4H3. The van der Waals surface area contributed by atoms with Crippen LogP contribution < -0.4 is 0 Å². The van der Waals surface area contributed by atoms with Crippen LogP contribution in [0.4, 0.5) is 9.59 Å². The van der Waals surface area contributed by atoms with Crippen molar-refractivity contribution < 1.29 is 9.59 Å². The number of alkyl halides is 6. The average Bonchev–Trinajstić information content (AvgIpc) is 2.54. The summed E-state index contributed by atoms with van der Waals surface area (Å²) in [5.41, 5.74) is 0. The van der Waals surface area contributed by atoms with Gasteiger partial charge < -0.3 is 9.80 Å². The van der Waals surface area contributed by atoms with Gasteiger partial charge in [-0.25, -0.2) is 0 Å². The number of carbonyl (C=O) groups excluding carboxylic acids is 2. The fourth-order valence-electron chi connectivity index (χ4n) is 1.27. The lowest BCUT2D eigenvalue weighted by molar-refractivity contribution is 0.240. The predicted octanol–water partition coefficient (Wildman–Crippen LogP) is 5.38. The van der Waals surface area contributed by atoms with Crippen LogP contribution in [0.25, 0.3) is 0 Å². The lowest BCUT2D eigenvalue weighted by Gasteiger charge is -2.37. The van der Waals surface area contributed by atoms with Crippen molar-refractivity contribution in [2.45, 2.75) is 32.3 Å². The topological polar surface area (TPSA) is 40.6 Å². The molecule has 0 bridgehead atoms. The van der Waals surface area contributed by atoms with E-state index in [1.807, 2.05) is 0 Å². The Balaban J connectivity index is 0.000000441. The molecule has 1 rings (SSSR count). The number of hydrogen-bond donors (Lipinski definition) is 0. The highest BCUT2D eigenvalue weighted by Crippen LogP contribution is 2.39. The zero-order valence-corrected chi connectivity index (χ0v) is 19.4. The Labute approximate surface area is 180 Å². The second kappa shape index (κ2) is 12.0. The van der Waals surface area contributed by atoms with E-state index in [0.29, 0.717) is 0 Å². The van der Waals surface area contributed by atoms with Crippen molar-refractivity contribution in [3.8, 4) is 0 Å². The van der Waals surface area contributed by atoms with Crippen LogP contribution in [0.1, 0.15) is 0 Å². The van der Waals surface area contributed by atoms with Crippen LogP contribution in [0, 0.1) is 0 Å². The quantitative estimate of drug-likeness (QED) is 0.332. The lowest BCUT2D eigenvalue weighted by Crippen LogP contribution is -2.52. The molecule has 1 aliphatic rings. The maximum absolute atomic E-state index is 11.0. The van der Waals surface area contributed by atoms with Crippen molar-refractivity contribution >= 4 is 102 Å². The minimum Gasteiger partial charge on any atom is -0.339 e. The molecule has 24 heavy (non-hydrogen) atoms. The first-order valence-corrected chi connectivity index (χ1v) is 11.3. The summed E-state index contributed by atoms with van der Waals surface area (Å²) < 4.78 is 0. The van der Waals surface area contributed by atoms with E-state index < -0.39 is 32.3 Å². The van der Waals surface area contributed by atoms with E-state index in [-0.39, 0.29) is 10.5 Å². The van der Waals surface area contributed by atoms with Gasteiger partial charge in [-0.05, 0) is 0 Å². The average molecular weight is 499 g/mol. The van der Waals surface area contributed by atoms with Crippen LogP contribution in [0.3, 0.4) is 0 Å². The third kappa shape index (κ3) is 7.95. The van der Waals surface area contributed by atoms with Gasteiger partial charge in [0, 0.05) is 49.8 Å². The first kappa shape index (κ1) is 25.4. The summed E-state index contributed by atoms with van der Waals surface area (Å²) in [5, 5.41) is -2.88. The van der Waals surface area contributed by atoms with Crippen molar-refractivity contribution in [3.05, 3.63) is 0 Å². The van der Waals surface area contributed by atoms with Crippen LogP contribution in [-0.2, 0) is 0 Å². The van der Waals surface area contributed by atoms with Gasteiger partial charge in [-0.2, -0.15) is 0 Å². The molecule has 1 fully saturated rings. The number of rotatable bonds is 0. The first-order valence-electron chi connectivity index (χ1n) is 6.53. The smallest absolute Gasteiger partial charge is 0.292 e. The second-order valence-electron chi connectivity index (χ2n) is 5.15. The van der Waals surface area contributed by atoms with Crippen LogP contribution in [0.5, 0.6) is 0 Å². The number of nitrogens with zero attached hydrogens (tertiary/aromatic N) is 2. The molecule has 0 aromatic heterocycles. The summed E-state index contributed by atoms with van der Waals surface area (Å²) in [5.74, 6) is 0. The molecule has 0 radical (unpaired) electrons. The Kier molecular flexibility index (Phi) is 12.6. The van der Waals surface area contributed by atoms with Gasteiger partial charge in [0.15, 0.2) is 0 Å². The molecule has 0 N–H and O–H groups in total. The van der Waals surface area contributed by atoms with Gasteiger partial charge in [0.05, 0.1) is 32.3 Å². The van der Waals surface area contributed by atoms with Gasteiger partial charge in [-0.3, -0.25) is 9.59 Å². The van der Waals surface area contributed by atoms with E-state index in [9.17, 15) is 9.59 Å². The zero-order valence-electron chi connectivity index (χ0n) is 13.3. The van der Waals surface area contributed by atoms with Crippen molar-refractivity contribution in [2.75, 3.05) is 28.2 Å². The van der Waals surface area contributed by atoms with Crippen molar-refractivity contribution in [1.29, 1.82) is 0 Å². The Hall–Kier alpha value is 1.38. The minimum atomic E-state index is -0.437. The highest BCUT2D eigenvalue weighted by Gasteiger charge is 2.46. The predicted molar refractivity (Wildman–Crippen MR) is 111 cm³/mol. The normalized spacial score (nSPS) is 32.4. The molecular formula is C12H18Cl6N2O2S2. The Morgan fingerprint density at radius 1 is 0.583 bits per heavy atom. The highest BCUT2D eigenvalue weighted by molar-refractivity contribution is 8.87. The van der Waals surface area contributed by atoms with E-state index >= 15 is 0 Å². The maximum Gasteiger partial charge on any atom is 0.292 e. The van der Waals surface area contributed by atoms with Crippen molar-refractivity contribution in [2.24, 2.45) is 0 Å². The van der Waals surface area contributed by atoms with Crippen molar-refractivity contribution in [1.82, 2.24) is 9.80 Å². The molecule has 0 spiro atoms. The lowest BCUT2D eigenvalue weighted by atomic mass is 9.97. The number of carbonyl (C=O) groups is 2. The molecular weight excluding hydrogens is 481 g/mol. The maximum atomic E-state index is 11.0. The zero-order chi connectivity index (χ0) is 19.2. The molecule has 2 amide bonds. The van der Waals surface area contributed by atoms with E-state index in [0.717, 1.165) is 21.6 Å². The molecule has 12 heteroatoms. The summed E-state index contributed by atoms with van der Waals surface area (Å²) >= 11 is 35.3. The Morgan fingerprint density at radius 3 is 0.875 bits per heavy atom. The van der Waals surface area contributed by atoms with Gasteiger partial charge in [-0.1, -0.05) is 0 Å². The molecule has 0 atom stereocenters. The van der Waals surface area contributed by atoms with E-state index in [2.05, 4.69) is 0 Å². The molecule has 0 heterocycles. The number of hydrogen-bond acceptors (Lipinski definition) is 4. The summed E-state index contributed by atoms with van der Waals surface area (Å²) in [7, 11) is 8.46. The summed E-state index contributed by atoms with van der Waals surface area (Å²) in [4.78, 5) is 24.8. The summed E-state index contributed by atoms with van der Waals surface area (Å²) in [6, 6.07) is 0. The van der Waals surface area contributed by atoms with E-state index in [1.165, 1.54) is 9.80 Å². The third-order valence-corrected chi connectivity index (χ3v) is 8.98. The third-order valence-electron chi connectivity index (χ3n) is 2.74. The van der Waals surface area contributed by atoms with Gasteiger partial charge in [-0.15, -0.1) is 69.6 Å².